The molecule has 0 aliphatic heterocycles. The molecule has 1 fully saturated rings. The second kappa shape index (κ2) is 8.33. The maximum absolute atomic E-state index is 12.4. The Hall–Kier alpha value is -1.82. The summed E-state index contributed by atoms with van der Waals surface area (Å²) < 4.78 is 5.82. The summed E-state index contributed by atoms with van der Waals surface area (Å²) in [5, 5.41) is 9.43. The minimum Gasteiger partial charge on any atom is -0.462 e. The third-order valence-electron chi connectivity index (χ3n) is 5.25. The summed E-state index contributed by atoms with van der Waals surface area (Å²) >= 11 is 0. The van der Waals surface area contributed by atoms with Gasteiger partial charge in [0.1, 0.15) is 6.10 Å². The first kappa shape index (κ1) is 18.5. The third kappa shape index (κ3) is 4.84. The summed E-state index contributed by atoms with van der Waals surface area (Å²) in [6.45, 7) is 8.63. The molecule has 1 aliphatic rings. The van der Waals surface area contributed by atoms with Crippen LogP contribution in [-0.4, -0.2) is 12.1 Å². The van der Waals surface area contributed by atoms with Crippen LogP contribution in [0.5, 0.6) is 0 Å². The molecular weight excluding hydrogens is 298 g/mol. The molecule has 1 aromatic rings. The van der Waals surface area contributed by atoms with E-state index in [2.05, 4.69) is 26.8 Å². The Morgan fingerprint density at radius 1 is 1.29 bits per heavy atom. The minimum atomic E-state index is -0.434. The number of carbonyl (C=O) groups excluding carboxylic acids is 1. The molecule has 0 bridgehead atoms. The predicted octanol–water partition coefficient (Wildman–Crippen LogP) is 5.00. The van der Waals surface area contributed by atoms with Crippen molar-refractivity contribution in [3.05, 3.63) is 35.4 Å². The Kier molecular flexibility index (Phi) is 6.43. The Morgan fingerprint density at radius 3 is 2.54 bits per heavy atom. The number of hydrogen-bond acceptors (Lipinski definition) is 3. The number of aryl methyl sites for hydroxylation is 1. The van der Waals surface area contributed by atoms with Gasteiger partial charge in [-0.25, -0.2) is 0 Å². The number of benzene rings is 1. The number of carbonyl (C=O) groups is 1. The summed E-state index contributed by atoms with van der Waals surface area (Å²) in [5.74, 6) is 0.870. The summed E-state index contributed by atoms with van der Waals surface area (Å²) in [5.41, 5.74) is 2.03. The molecule has 2 rings (SSSR count). The zero-order valence-electron chi connectivity index (χ0n) is 15.3. The first-order valence-electron chi connectivity index (χ1n) is 9.06. The monoisotopic (exact) mass is 327 g/mol. The van der Waals surface area contributed by atoms with Gasteiger partial charge in [-0.2, -0.15) is 5.26 Å². The van der Waals surface area contributed by atoms with Crippen molar-refractivity contribution in [2.45, 2.75) is 65.4 Å². The first-order chi connectivity index (χ1) is 11.4. The second-order valence-corrected chi connectivity index (χ2v) is 7.65. The molecule has 0 aromatic heterocycles. The molecule has 0 heterocycles. The topological polar surface area (TPSA) is 50.1 Å². The highest BCUT2D eigenvalue weighted by molar-refractivity contribution is 5.71. The van der Waals surface area contributed by atoms with Crippen LogP contribution in [0.4, 0.5) is 0 Å². The smallest absolute Gasteiger partial charge is 0.307 e. The Labute approximate surface area is 146 Å². The maximum Gasteiger partial charge on any atom is 0.307 e. The van der Waals surface area contributed by atoms with E-state index in [0.29, 0.717) is 17.8 Å². The fourth-order valence-electron chi connectivity index (χ4n) is 3.67. The van der Waals surface area contributed by atoms with Gasteiger partial charge in [-0.15, -0.1) is 0 Å². The number of ether oxygens (including phenoxy) is 1. The van der Waals surface area contributed by atoms with Gasteiger partial charge in [-0.3, -0.25) is 4.79 Å². The highest BCUT2D eigenvalue weighted by Gasteiger charge is 2.33. The largest absolute Gasteiger partial charge is 0.462 e. The van der Waals surface area contributed by atoms with Gasteiger partial charge in [-0.1, -0.05) is 57.0 Å². The normalized spacial score (nSPS) is 25.1. The van der Waals surface area contributed by atoms with Gasteiger partial charge >= 0.3 is 5.97 Å². The molecule has 130 valence electrons. The lowest BCUT2D eigenvalue weighted by Gasteiger charge is -2.36. The molecule has 0 spiro atoms. The summed E-state index contributed by atoms with van der Waals surface area (Å²) in [4.78, 5) is 12.4. The van der Waals surface area contributed by atoms with Crippen LogP contribution in [0, 0.1) is 36.0 Å². The quantitative estimate of drug-likeness (QED) is 0.715. The Bertz CT molecular complexity index is 585. The van der Waals surface area contributed by atoms with Crippen LogP contribution >= 0.6 is 0 Å². The molecular formula is C21H29NO2. The molecule has 1 aromatic carbocycles. The van der Waals surface area contributed by atoms with Gasteiger partial charge in [0.25, 0.3) is 0 Å². The molecule has 0 unspecified atom stereocenters. The van der Waals surface area contributed by atoms with Crippen LogP contribution < -0.4 is 0 Å². The van der Waals surface area contributed by atoms with E-state index in [9.17, 15) is 10.1 Å². The van der Waals surface area contributed by atoms with Crippen LogP contribution in [-0.2, 0) is 9.53 Å². The lowest BCUT2D eigenvalue weighted by molar-refractivity contribution is -0.156. The van der Waals surface area contributed by atoms with Crippen molar-refractivity contribution in [1.82, 2.24) is 0 Å². The molecule has 0 amide bonds. The fourth-order valence-corrected chi connectivity index (χ4v) is 3.67. The number of hydrogen-bond donors (Lipinski definition) is 0. The minimum absolute atomic E-state index is 0.00129. The average Bonchev–Trinajstić information content (AvgIpc) is 2.53. The number of rotatable bonds is 5. The van der Waals surface area contributed by atoms with Crippen molar-refractivity contribution in [2.75, 3.05) is 0 Å². The van der Waals surface area contributed by atoms with Gasteiger partial charge in [0.05, 0.1) is 18.4 Å². The van der Waals surface area contributed by atoms with Crippen LogP contribution in [0.15, 0.2) is 24.3 Å². The van der Waals surface area contributed by atoms with E-state index in [-0.39, 0.29) is 18.5 Å². The highest BCUT2D eigenvalue weighted by Crippen LogP contribution is 2.35. The van der Waals surface area contributed by atoms with Gasteiger partial charge in [0.15, 0.2) is 0 Å². The van der Waals surface area contributed by atoms with Crippen LogP contribution in [0.2, 0.25) is 0 Å². The Morgan fingerprint density at radius 2 is 1.96 bits per heavy atom. The lowest BCUT2D eigenvalue weighted by atomic mass is 9.75. The van der Waals surface area contributed by atoms with Gasteiger partial charge in [0.2, 0.25) is 0 Å². The standard InChI is InChI=1S/C21H29NO2/c1-14(2)19-10-7-16(4)11-20(19)24-21(23)12-18(13-22)17-8-5-15(3)6-9-17/h5-6,8-9,14,16,18-20H,7,10-12H2,1-4H3/t16-,18+,19-,20-/m0/s1. The lowest BCUT2D eigenvalue weighted by Crippen LogP contribution is -2.36. The van der Waals surface area contributed by atoms with Crippen molar-refractivity contribution in [3.8, 4) is 6.07 Å². The second-order valence-electron chi connectivity index (χ2n) is 7.65. The van der Waals surface area contributed by atoms with Gasteiger partial charge in [-0.05, 0) is 43.1 Å². The predicted molar refractivity (Wildman–Crippen MR) is 95.4 cm³/mol. The van der Waals surface area contributed by atoms with E-state index < -0.39 is 5.92 Å². The van der Waals surface area contributed by atoms with Gasteiger partial charge in [0, 0.05) is 0 Å². The van der Waals surface area contributed by atoms with Crippen LogP contribution in [0.25, 0.3) is 0 Å². The zero-order chi connectivity index (χ0) is 17.7. The summed E-state index contributed by atoms with van der Waals surface area (Å²) in [6.07, 6.45) is 3.40. The van der Waals surface area contributed by atoms with E-state index in [4.69, 9.17) is 4.74 Å². The zero-order valence-corrected chi connectivity index (χ0v) is 15.3. The van der Waals surface area contributed by atoms with E-state index in [1.807, 2.05) is 31.2 Å². The SMILES string of the molecule is Cc1ccc([C@@H](C#N)CC(=O)O[C@H]2C[C@@H](C)CC[C@H]2C(C)C)cc1. The fraction of sp³-hybridized carbons (Fsp3) is 0.619. The number of nitriles is 1. The van der Waals surface area contributed by atoms with E-state index in [1.165, 1.54) is 6.42 Å². The van der Waals surface area contributed by atoms with E-state index in [1.54, 1.807) is 0 Å². The number of nitrogens with zero attached hydrogens (tertiary/aromatic N) is 1. The van der Waals surface area contributed by atoms with Crippen LogP contribution in [0.3, 0.4) is 0 Å². The van der Waals surface area contributed by atoms with Crippen molar-refractivity contribution >= 4 is 5.97 Å². The van der Waals surface area contributed by atoms with Crippen molar-refractivity contribution in [1.29, 1.82) is 5.26 Å². The molecule has 24 heavy (non-hydrogen) atoms. The third-order valence-corrected chi connectivity index (χ3v) is 5.25. The molecule has 0 saturated heterocycles. The molecule has 1 aliphatic carbocycles. The van der Waals surface area contributed by atoms with Crippen molar-refractivity contribution < 1.29 is 9.53 Å². The molecule has 4 atom stereocenters. The van der Waals surface area contributed by atoms with E-state index in [0.717, 1.165) is 24.0 Å². The van der Waals surface area contributed by atoms with Crippen molar-refractivity contribution in [2.24, 2.45) is 17.8 Å². The maximum atomic E-state index is 12.4. The Balaban J connectivity index is 2.00. The van der Waals surface area contributed by atoms with Crippen molar-refractivity contribution in [3.63, 3.8) is 0 Å². The molecule has 1 saturated carbocycles. The highest BCUT2D eigenvalue weighted by atomic mass is 16.5. The van der Waals surface area contributed by atoms with Crippen LogP contribution in [0.1, 0.15) is 63.5 Å². The summed E-state index contributed by atoms with van der Waals surface area (Å²) in [7, 11) is 0. The molecule has 0 radical (unpaired) electrons. The van der Waals surface area contributed by atoms with E-state index >= 15 is 0 Å². The number of esters is 1. The molecule has 0 N–H and O–H groups in total. The molecule has 3 heteroatoms. The van der Waals surface area contributed by atoms with Gasteiger partial charge < -0.3 is 4.74 Å². The molecule has 3 nitrogen and oxygen atoms in total. The first-order valence-corrected chi connectivity index (χ1v) is 9.06. The summed E-state index contributed by atoms with van der Waals surface area (Å²) in [6, 6.07) is 10.1. The average molecular weight is 327 g/mol.